The summed E-state index contributed by atoms with van der Waals surface area (Å²) >= 11 is 1.81. The van der Waals surface area contributed by atoms with Crippen molar-refractivity contribution in [1.82, 2.24) is 15.6 Å². The van der Waals surface area contributed by atoms with Crippen molar-refractivity contribution < 1.29 is 4.39 Å². The number of H-pyrrole nitrogens is 1. The van der Waals surface area contributed by atoms with Gasteiger partial charge >= 0.3 is 0 Å². The molecule has 7 heteroatoms. The highest BCUT2D eigenvalue weighted by Gasteiger charge is 2.15. The molecule has 0 fully saturated rings. The fraction of sp³-hybridized carbons (Fsp3) is 0.500. The Hall–Kier alpha value is -0.960. The number of aromatic amines is 1. The minimum absolute atomic E-state index is 0. The Kier molecular flexibility index (Phi) is 9.06. The fourth-order valence-electron chi connectivity index (χ4n) is 2.36. The van der Waals surface area contributed by atoms with Crippen LogP contribution in [0.2, 0.25) is 0 Å². The Balaban J connectivity index is 0.00000312. The average Bonchev–Trinajstić information content (AvgIpc) is 2.95. The van der Waals surface area contributed by atoms with E-state index in [-0.39, 0.29) is 34.5 Å². The number of fused-ring (bicyclic) bond motifs is 1. The van der Waals surface area contributed by atoms with Crippen molar-refractivity contribution in [3.63, 3.8) is 0 Å². The molecule has 1 aromatic carbocycles. The third-order valence-corrected chi connectivity index (χ3v) is 5.17. The van der Waals surface area contributed by atoms with E-state index in [1.54, 1.807) is 0 Å². The first kappa shape index (κ1) is 22.1. The van der Waals surface area contributed by atoms with Crippen molar-refractivity contribution in [2.24, 2.45) is 4.99 Å². The van der Waals surface area contributed by atoms with E-state index in [1.807, 2.05) is 24.0 Å². The van der Waals surface area contributed by atoms with Crippen LogP contribution < -0.4 is 10.6 Å². The summed E-state index contributed by atoms with van der Waals surface area (Å²) in [6.07, 6.45) is 4.91. The molecule has 0 saturated carbocycles. The van der Waals surface area contributed by atoms with Crippen molar-refractivity contribution in [2.75, 3.05) is 25.9 Å². The first-order valence-electron chi connectivity index (χ1n) is 8.28. The van der Waals surface area contributed by atoms with Gasteiger partial charge in [-0.3, -0.25) is 4.99 Å². The standard InChI is InChI=1S/C18H27FN4S.HI/c1-5-20-17(23-12-18(2,3)24-4)21-9-8-13-11-22-16-10-14(19)6-7-15(13)16;/h6-7,10-11,22H,5,8-9,12H2,1-4H3,(H2,20,21,23);1H. The monoisotopic (exact) mass is 478 g/mol. The van der Waals surface area contributed by atoms with E-state index in [0.717, 1.165) is 42.9 Å². The molecule has 2 aromatic rings. The first-order valence-corrected chi connectivity index (χ1v) is 9.50. The number of nitrogens with zero attached hydrogens (tertiary/aromatic N) is 1. The molecule has 0 spiro atoms. The zero-order valence-corrected chi connectivity index (χ0v) is 18.4. The van der Waals surface area contributed by atoms with Gasteiger partial charge in [-0.25, -0.2) is 4.39 Å². The van der Waals surface area contributed by atoms with E-state index in [2.05, 4.69) is 47.6 Å². The number of aliphatic imine (C=N–C) groups is 1. The molecule has 1 heterocycles. The predicted molar refractivity (Wildman–Crippen MR) is 119 cm³/mol. The number of rotatable bonds is 7. The van der Waals surface area contributed by atoms with Crippen molar-refractivity contribution in [1.29, 1.82) is 0 Å². The van der Waals surface area contributed by atoms with Crippen LogP contribution in [0.15, 0.2) is 29.4 Å². The summed E-state index contributed by atoms with van der Waals surface area (Å²) in [5.74, 6) is 0.623. The van der Waals surface area contributed by atoms with E-state index in [9.17, 15) is 4.39 Å². The number of guanidine groups is 1. The van der Waals surface area contributed by atoms with E-state index in [0.29, 0.717) is 0 Å². The maximum absolute atomic E-state index is 13.2. The number of hydrogen-bond donors (Lipinski definition) is 3. The van der Waals surface area contributed by atoms with Gasteiger partial charge in [-0.05, 0) is 57.2 Å². The van der Waals surface area contributed by atoms with Crippen LogP contribution in [0, 0.1) is 5.82 Å². The van der Waals surface area contributed by atoms with E-state index in [4.69, 9.17) is 0 Å². The fourth-order valence-corrected chi connectivity index (χ4v) is 2.55. The van der Waals surface area contributed by atoms with Gasteiger partial charge < -0.3 is 15.6 Å². The lowest BCUT2D eigenvalue weighted by molar-refractivity contribution is 0.629. The Morgan fingerprint density at radius 2 is 2.08 bits per heavy atom. The van der Waals surface area contributed by atoms with Gasteiger partial charge in [0, 0.05) is 34.9 Å². The molecule has 0 atom stereocenters. The molecule has 0 aliphatic carbocycles. The van der Waals surface area contributed by atoms with Gasteiger partial charge in [-0.1, -0.05) is 0 Å². The maximum atomic E-state index is 13.2. The van der Waals surface area contributed by atoms with E-state index in [1.165, 1.54) is 17.7 Å². The highest BCUT2D eigenvalue weighted by Crippen LogP contribution is 2.21. The first-order chi connectivity index (χ1) is 11.4. The molecule has 0 aliphatic heterocycles. The zero-order valence-electron chi connectivity index (χ0n) is 15.3. The summed E-state index contributed by atoms with van der Waals surface area (Å²) in [7, 11) is 0. The van der Waals surface area contributed by atoms with Crippen molar-refractivity contribution in [3.8, 4) is 0 Å². The van der Waals surface area contributed by atoms with Gasteiger partial charge in [0.1, 0.15) is 5.82 Å². The van der Waals surface area contributed by atoms with Crippen LogP contribution >= 0.6 is 35.7 Å². The average molecular weight is 478 g/mol. The third kappa shape index (κ3) is 6.69. The topological polar surface area (TPSA) is 52.2 Å². The predicted octanol–water partition coefficient (Wildman–Crippen LogP) is 4.16. The van der Waals surface area contributed by atoms with E-state index >= 15 is 0 Å². The van der Waals surface area contributed by atoms with Crippen LogP contribution in [0.1, 0.15) is 26.3 Å². The number of thioether (sulfide) groups is 1. The highest BCUT2D eigenvalue weighted by molar-refractivity contribution is 14.0. The highest BCUT2D eigenvalue weighted by atomic mass is 127. The van der Waals surface area contributed by atoms with Crippen molar-refractivity contribution in [3.05, 3.63) is 35.8 Å². The summed E-state index contributed by atoms with van der Waals surface area (Å²) in [4.78, 5) is 7.79. The minimum Gasteiger partial charge on any atom is -0.361 e. The summed E-state index contributed by atoms with van der Waals surface area (Å²) < 4.78 is 13.4. The van der Waals surface area contributed by atoms with Crippen molar-refractivity contribution in [2.45, 2.75) is 31.9 Å². The van der Waals surface area contributed by atoms with Crippen LogP contribution in [0.25, 0.3) is 10.9 Å². The zero-order chi connectivity index (χ0) is 17.6. The lowest BCUT2D eigenvalue weighted by Gasteiger charge is -2.20. The molecule has 3 N–H and O–H groups in total. The van der Waals surface area contributed by atoms with Crippen LogP contribution in [0.5, 0.6) is 0 Å². The lowest BCUT2D eigenvalue weighted by Crippen LogP contribution is -2.39. The Morgan fingerprint density at radius 3 is 2.76 bits per heavy atom. The normalized spacial score (nSPS) is 12.1. The SMILES string of the molecule is CCNC(=NCC(C)(C)SC)NCCc1c[nH]c2cc(F)ccc12.I. The summed E-state index contributed by atoms with van der Waals surface area (Å²) in [5, 5.41) is 7.72. The smallest absolute Gasteiger partial charge is 0.191 e. The van der Waals surface area contributed by atoms with Gasteiger partial charge in [-0.15, -0.1) is 24.0 Å². The van der Waals surface area contributed by atoms with Gasteiger partial charge in [0.05, 0.1) is 6.54 Å². The number of hydrogen-bond acceptors (Lipinski definition) is 2. The Bertz CT molecular complexity index is 699. The van der Waals surface area contributed by atoms with Crippen LogP contribution in [0.3, 0.4) is 0 Å². The molecule has 0 bridgehead atoms. The second kappa shape index (κ2) is 10.3. The lowest BCUT2D eigenvalue weighted by atomic mass is 10.1. The molecular weight excluding hydrogens is 450 g/mol. The van der Waals surface area contributed by atoms with Gasteiger partial charge in [0.2, 0.25) is 0 Å². The summed E-state index contributed by atoms with van der Waals surface area (Å²) in [6, 6.07) is 4.86. The number of aromatic nitrogens is 1. The van der Waals surface area contributed by atoms with Crippen LogP contribution in [-0.2, 0) is 6.42 Å². The molecule has 1 aromatic heterocycles. The molecule has 0 aliphatic rings. The van der Waals surface area contributed by atoms with E-state index < -0.39 is 0 Å². The Labute approximate surface area is 170 Å². The minimum atomic E-state index is -0.216. The third-order valence-electron chi connectivity index (χ3n) is 3.93. The van der Waals surface area contributed by atoms with Gasteiger partial charge in [-0.2, -0.15) is 11.8 Å². The summed E-state index contributed by atoms with van der Waals surface area (Å²) in [6.45, 7) is 8.81. The van der Waals surface area contributed by atoms with Gasteiger partial charge in [0.25, 0.3) is 0 Å². The van der Waals surface area contributed by atoms with Gasteiger partial charge in [0.15, 0.2) is 5.96 Å². The molecule has 0 amide bonds. The second-order valence-corrected chi connectivity index (χ2v) is 7.85. The molecule has 4 nitrogen and oxygen atoms in total. The van der Waals surface area contributed by atoms with Crippen LogP contribution in [-0.4, -0.2) is 41.6 Å². The molecule has 140 valence electrons. The number of halogens is 2. The van der Waals surface area contributed by atoms with Crippen LogP contribution in [0.4, 0.5) is 4.39 Å². The second-order valence-electron chi connectivity index (χ2n) is 6.34. The largest absolute Gasteiger partial charge is 0.361 e. The molecule has 2 rings (SSSR count). The quantitative estimate of drug-likeness (QED) is 0.318. The number of nitrogens with one attached hydrogen (secondary N) is 3. The van der Waals surface area contributed by atoms with Crippen molar-refractivity contribution >= 4 is 52.6 Å². The molecule has 0 saturated heterocycles. The molecule has 25 heavy (non-hydrogen) atoms. The summed E-state index contributed by atoms with van der Waals surface area (Å²) in [5.41, 5.74) is 2.02. The molecule has 0 unspecified atom stereocenters. The maximum Gasteiger partial charge on any atom is 0.191 e. The molecular formula is C18H28FIN4S. The molecule has 0 radical (unpaired) electrons. The number of benzene rings is 1. The Morgan fingerprint density at radius 1 is 1.32 bits per heavy atom.